The highest BCUT2D eigenvalue weighted by Gasteiger charge is 2.52. The average Bonchev–Trinajstić information content (AvgIpc) is 3.32. The fraction of sp³-hybridized carbons (Fsp3) is 0.150. The number of Topliss-reactive ketones (excluding diaryl/α,β-unsaturated/α-hetero) is 2. The van der Waals surface area contributed by atoms with Crippen LogP contribution in [0, 0.1) is 5.92 Å². The van der Waals surface area contributed by atoms with Gasteiger partial charge in [-0.3, -0.25) is 24.4 Å². The van der Waals surface area contributed by atoms with E-state index >= 15 is 0 Å². The van der Waals surface area contributed by atoms with Gasteiger partial charge in [0.15, 0.2) is 5.78 Å². The van der Waals surface area contributed by atoms with E-state index in [1.54, 1.807) is 60.4 Å². The van der Waals surface area contributed by atoms with Gasteiger partial charge in [0.25, 0.3) is 5.91 Å². The molecular formula is C20H15N3O3S. The highest BCUT2D eigenvalue weighted by Crippen LogP contribution is 2.38. The largest absolute Gasteiger partial charge is 0.322 e. The number of nitrogens with zero attached hydrogens (tertiary/aromatic N) is 3. The molecule has 6 nitrogen and oxygen atoms in total. The topological polar surface area (TPSA) is 80.2 Å². The van der Waals surface area contributed by atoms with Crippen molar-refractivity contribution in [3.8, 4) is 0 Å². The Kier molecular flexibility index (Phi) is 4.60. The maximum atomic E-state index is 13.0. The van der Waals surface area contributed by atoms with Crippen molar-refractivity contribution in [2.75, 3.05) is 0 Å². The van der Waals surface area contributed by atoms with E-state index in [1.807, 2.05) is 6.07 Å². The van der Waals surface area contributed by atoms with Gasteiger partial charge in [0.05, 0.1) is 16.6 Å². The molecule has 3 aromatic rings. The maximum Gasteiger partial charge on any atom is 0.291 e. The minimum Gasteiger partial charge on any atom is -0.322 e. The molecule has 1 aliphatic heterocycles. The number of hydrogen-bond donors (Lipinski definition) is 0. The zero-order valence-corrected chi connectivity index (χ0v) is 15.0. The molecule has 27 heavy (non-hydrogen) atoms. The molecule has 0 spiro atoms. The highest BCUT2D eigenvalue weighted by atomic mass is 32.1. The van der Waals surface area contributed by atoms with Crippen LogP contribution in [0.25, 0.3) is 0 Å². The Balaban J connectivity index is 1.77. The SMILES string of the molecule is O=C1C(=O)N(Cc2cccnc2)C(c2ccccn2)C1C(=O)c1cccs1. The van der Waals surface area contributed by atoms with Crippen LogP contribution in [0.5, 0.6) is 0 Å². The Hall–Kier alpha value is -3.19. The van der Waals surface area contributed by atoms with Gasteiger partial charge in [-0.15, -0.1) is 11.3 Å². The number of likely N-dealkylation sites (tertiary alicyclic amines) is 1. The molecule has 0 aliphatic carbocycles. The van der Waals surface area contributed by atoms with Gasteiger partial charge in [-0.05, 0) is 35.2 Å². The van der Waals surface area contributed by atoms with Crippen molar-refractivity contribution >= 4 is 28.8 Å². The van der Waals surface area contributed by atoms with Crippen LogP contribution in [0.1, 0.15) is 27.0 Å². The van der Waals surface area contributed by atoms with Crippen molar-refractivity contribution in [1.82, 2.24) is 14.9 Å². The third kappa shape index (κ3) is 3.17. The number of rotatable bonds is 5. The Morgan fingerprint density at radius 3 is 2.63 bits per heavy atom. The molecule has 4 rings (SSSR count). The van der Waals surface area contributed by atoms with E-state index in [-0.39, 0.29) is 12.3 Å². The molecule has 1 aliphatic rings. The van der Waals surface area contributed by atoms with Crippen molar-refractivity contribution in [3.63, 3.8) is 0 Å². The van der Waals surface area contributed by atoms with E-state index in [0.29, 0.717) is 10.6 Å². The van der Waals surface area contributed by atoms with Crippen LogP contribution >= 0.6 is 11.3 Å². The van der Waals surface area contributed by atoms with Crippen LogP contribution in [-0.2, 0) is 16.1 Å². The van der Waals surface area contributed by atoms with Gasteiger partial charge in [-0.1, -0.05) is 18.2 Å². The number of thiophene rings is 1. The first-order valence-corrected chi connectivity index (χ1v) is 9.27. The van der Waals surface area contributed by atoms with Crippen LogP contribution in [0.2, 0.25) is 0 Å². The standard InChI is InChI=1S/C20H15N3O3S/c24-18(15-7-4-10-27-15)16-17(14-6-1-2-9-22-14)23(20(26)19(16)25)12-13-5-3-8-21-11-13/h1-11,16-17H,12H2. The fourth-order valence-corrected chi connectivity index (χ4v) is 4.00. The van der Waals surface area contributed by atoms with Crippen LogP contribution in [-0.4, -0.2) is 32.3 Å². The lowest BCUT2D eigenvalue weighted by molar-refractivity contribution is -0.141. The summed E-state index contributed by atoms with van der Waals surface area (Å²) in [5.41, 5.74) is 1.30. The smallest absolute Gasteiger partial charge is 0.291 e. The van der Waals surface area contributed by atoms with Crippen molar-refractivity contribution < 1.29 is 14.4 Å². The van der Waals surface area contributed by atoms with Crippen molar-refractivity contribution in [2.24, 2.45) is 5.92 Å². The average molecular weight is 377 g/mol. The summed E-state index contributed by atoms with van der Waals surface area (Å²) >= 11 is 1.26. The number of aromatic nitrogens is 2. The molecule has 1 fully saturated rings. The van der Waals surface area contributed by atoms with Crippen LogP contribution in [0.15, 0.2) is 66.4 Å². The molecule has 1 saturated heterocycles. The maximum absolute atomic E-state index is 13.0. The summed E-state index contributed by atoms with van der Waals surface area (Å²) in [5.74, 6) is -2.78. The van der Waals surface area contributed by atoms with Gasteiger partial charge in [0.2, 0.25) is 5.78 Å². The van der Waals surface area contributed by atoms with Gasteiger partial charge >= 0.3 is 0 Å². The minimum absolute atomic E-state index is 0.188. The van der Waals surface area contributed by atoms with E-state index in [2.05, 4.69) is 9.97 Å². The van der Waals surface area contributed by atoms with Crippen molar-refractivity contribution in [1.29, 1.82) is 0 Å². The van der Waals surface area contributed by atoms with E-state index in [1.165, 1.54) is 16.2 Å². The molecule has 0 aromatic carbocycles. The second kappa shape index (κ2) is 7.20. The van der Waals surface area contributed by atoms with Crippen LogP contribution in [0.3, 0.4) is 0 Å². The third-order valence-corrected chi connectivity index (χ3v) is 5.40. The number of amides is 1. The number of carbonyl (C=O) groups excluding carboxylic acids is 3. The summed E-state index contributed by atoms with van der Waals surface area (Å²) in [5, 5.41) is 1.78. The van der Waals surface area contributed by atoms with E-state index in [4.69, 9.17) is 0 Å². The lowest BCUT2D eigenvalue weighted by Gasteiger charge is -2.26. The highest BCUT2D eigenvalue weighted by molar-refractivity contribution is 7.12. The molecular weight excluding hydrogens is 362 g/mol. The summed E-state index contributed by atoms with van der Waals surface area (Å²) in [6.45, 7) is 0.188. The second-order valence-electron chi connectivity index (χ2n) is 6.18. The van der Waals surface area contributed by atoms with Crippen LogP contribution < -0.4 is 0 Å². The van der Waals surface area contributed by atoms with Gasteiger partial charge < -0.3 is 4.90 Å². The van der Waals surface area contributed by atoms with E-state index in [0.717, 1.165) is 5.56 Å². The Bertz CT molecular complexity index is 974. The summed E-state index contributed by atoms with van der Waals surface area (Å²) in [6, 6.07) is 11.6. The first kappa shape index (κ1) is 17.2. The minimum atomic E-state index is -1.09. The van der Waals surface area contributed by atoms with E-state index in [9.17, 15) is 14.4 Å². The quantitative estimate of drug-likeness (QED) is 0.388. The Labute approximate surface area is 159 Å². The predicted octanol–water partition coefficient (Wildman–Crippen LogP) is 2.69. The summed E-state index contributed by atoms with van der Waals surface area (Å²) in [7, 11) is 0. The van der Waals surface area contributed by atoms with Crippen molar-refractivity contribution in [3.05, 3.63) is 82.6 Å². The van der Waals surface area contributed by atoms with Crippen molar-refractivity contribution in [2.45, 2.75) is 12.6 Å². The molecule has 4 heterocycles. The summed E-state index contributed by atoms with van der Waals surface area (Å²) < 4.78 is 0. The third-order valence-electron chi connectivity index (χ3n) is 4.52. The lowest BCUT2D eigenvalue weighted by Crippen LogP contribution is -2.30. The molecule has 0 radical (unpaired) electrons. The molecule has 0 saturated carbocycles. The van der Waals surface area contributed by atoms with Gasteiger partial charge in [0.1, 0.15) is 5.92 Å². The molecule has 2 unspecified atom stereocenters. The molecule has 1 amide bonds. The normalized spacial score (nSPS) is 19.5. The first-order chi connectivity index (χ1) is 13.2. The Morgan fingerprint density at radius 1 is 1.07 bits per heavy atom. The molecule has 2 atom stereocenters. The molecule has 134 valence electrons. The first-order valence-electron chi connectivity index (χ1n) is 8.39. The van der Waals surface area contributed by atoms with Crippen LogP contribution in [0.4, 0.5) is 0 Å². The summed E-state index contributed by atoms with van der Waals surface area (Å²) in [4.78, 5) is 48.8. The zero-order valence-electron chi connectivity index (χ0n) is 14.2. The van der Waals surface area contributed by atoms with Gasteiger partial charge in [0, 0.05) is 25.1 Å². The summed E-state index contributed by atoms with van der Waals surface area (Å²) in [6.07, 6.45) is 4.87. The monoisotopic (exact) mass is 377 g/mol. The molecule has 3 aromatic heterocycles. The fourth-order valence-electron chi connectivity index (χ4n) is 3.30. The van der Waals surface area contributed by atoms with Gasteiger partial charge in [-0.2, -0.15) is 0 Å². The lowest BCUT2D eigenvalue weighted by atomic mass is 9.91. The van der Waals surface area contributed by atoms with E-state index < -0.39 is 23.7 Å². The second-order valence-corrected chi connectivity index (χ2v) is 7.12. The van der Waals surface area contributed by atoms with Gasteiger partial charge in [-0.25, -0.2) is 0 Å². The molecule has 0 N–H and O–H groups in total. The zero-order chi connectivity index (χ0) is 18.8. The number of hydrogen-bond acceptors (Lipinski definition) is 6. The number of pyridine rings is 2. The number of carbonyl (C=O) groups is 3. The Morgan fingerprint density at radius 2 is 1.96 bits per heavy atom. The number of ketones is 2. The predicted molar refractivity (Wildman–Crippen MR) is 98.9 cm³/mol. The molecule has 7 heteroatoms. The molecule has 0 bridgehead atoms.